The zero-order chi connectivity index (χ0) is 14.5. The lowest BCUT2D eigenvalue weighted by atomic mass is 9.97. The van der Waals surface area contributed by atoms with Crippen molar-refractivity contribution in [3.05, 3.63) is 28.3 Å². The lowest BCUT2D eigenvalue weighted by Gasteiger charge is -2.29. The van der Waals surface area contributed by atoms with Crippen LogP contribution in [-0.2, 0) is 0 Å². The van der Waals surface area contributed by atoms with Crippen molar-refractivity contribution in [3.8, 4) is 11.5 Å². The van der Waals surface area contributed by atoms with Gasteiger partial charge < -0.3 is 14.8 Å². The monoisotopic (exact) mass is 280 g/mol. The molecule has 1 aliphatic heterocycles. The third-order valence-electron chi connectivity index (χ3n) is 3.48. The molecule has 1 aromatic rings. The maximum atomic E-state index is 11.3. The molecule has 6 nitrogen and oxygen atoms in total. The van der Waals surface area contributed by atoms with Gasteiger partial charge in [0.1, 0.15) is 6.10 Å². The minimum absolute atomic E-state index is 0.0562. The molecule has 1 N–H and O–H groups in total. The van der Waals surface area contributed by atoms with Gasteiger partial charge in [-0.05, 0) is 37.9 Å². The molecule has 20 heavy (non-hydrogen) atoms. The highest BCUT2D eigenvalue weighted by atomic mass is 16.6. The van der Waals surface area contributed by atoms with Crippen LogP contribution in [0.2, 0.25) is 0 Å². The van der Waals surface area contributed by atoms with Crippen molar-refractivity contribution in [2.24, 2.45) is 5.92 Å². The molecule has 1 fully saturated rings. The molecule has 1 heterocycles. The third-order valence-corrected chi connectivity index (χ3v) is 3.48. The Morgan fingerprint density at radius 2 is 2.20 bits per heavy atom. The van der Waals surface area contributed by atoms with Gasteiger partial charge in [0, 0.05) is 6.54 Å². The number of ether oxygens (including phenoxy) is 2. The number of para-hydroxylation sites is 1. The van der Waals surface area contributed by atoms with Gasteiger partial charge in [0.15, 0.2) is 0 Å². The molecular weight excluding hydrogens is 260 g/mol. The first kappa shape index (κ1) is 14.6. The largest absolute Gasteiger partial charge is 0.487 e. The molecule has 1 saturated heterocycles. The number of nitro groups is 1. The number of nitrogens with one attached hydrogen (secondary N) is 1. The molecule has 0 aliphatic carbocycles. The maximum absolute atomic E-state index is 11.3. The van der Waals surface area contributed by atoms with Gasteiger partial charge in [-0.15, -0.1) is 0 Å². The second-order valence-electron chi connectivity index (χ2n) is 4.92. The summed E-state index contributed by atoms with van der Waals surface area (Å²) in [7, 11) is 0. The van der Waals surface area contributed by atoms with Gasteiger partial charge in [0.25, 0.3) is 0 Å². The zero-order valence-electron chi connectivity index (χ0n) is 11.8. The predicted octanol–water partition coefficient (Wildman–Crippen LogP) is 2.37. The van der Waals surface area contributed by atoms with Crippen LogP contribution in [0.4, 0.5) is 5.69 Å². The molecule has 0 spiro atoms. The van der Waals surface area contributed by atoms with E-state index in [-0.39, 0.29) is 23.3 Å². The Morgan fingerprint density at radius 3 is 2.85 bits per heavy atom. The molecule has 0 radical (unpaired) electrons. The number of piperidine rings is 1. The topological polar surface area (TPSA) is 73.6 Å². The normalized spacial score (nSPS) is 22.3. The molecule has 1 aromatic carbocycles. The summed E-state index contributed by atoms with van der Waals surface area (Å²) in [5.41, 5.74) is -0.0906. The third kappa shape index (κ3) is 3.19. The SMILES string of the molecule is CCOc1cccc(OC2CNCCC2C)c1[N+](=O)[O-]. The van der Waals surface area contributed by atoms with Crippen LogP contribution in [0.5, 0.6) is 11.5 Å². The minimum atomic E-state index is -0.443. The Hall–Kier alpha value is -1.82. The standard InChI is InChI=1S/C14H20N2O4/c1-3-19-11-5-4-6-12(14(11)16(17)18)20-13-9-15-8-7-10(13)2/h4-6,10,13,15H,3,7-9H2,1-2H3. The summed E-state index contributed by atoms with van der Waals surface area (Å²) >= 11 is 0. The summed E-state index contributed by atoms with van der Waals surface area (Å²) in [6, 6.07) is 4.94. The van der Waals surface area contributed by atoms with Gasteiger partial charge >= 0.3 is 5.69 Å². The summed E-state index contributed by atoms with van der Waals surface area (Å²) in [6.45, 7) is 5.94. The number of hydrogen-bond donors (Lipinski definition) is 1. The number of nitrogens with zero attached hydrogens (tertiary/aromatic N) is 1. The van der Waals surface area contributed by atoms with Crippen LogP contribution in [-0.4, -0.2) is 30.7 Å². The van der Waals surface area contributed by atoms with Crippen LogP contribution in [0.25, 0.3) is 0 Å². The number of benzene rings is 1. The summed E-state index contributed by atoms with van der Waals surface area (Å²) in [4.78, 5) is 10.8. The molecule has 0 bridgehead atoms. The Bertz CT molecular complexity index is 478. The highest BCUT2D eigenvalue weighted by molar-refractivity contribution is 5.57. The number of nitro benzene ring substituents is 1. The lowest BCUT2D eigenvalue weighted by Crippen LogP contribution is -2.42. The first-order valence-corrected chi connectivity index (χ1v) is 6.91. The van der Waals surface area contributed by atoms with Crippen molar-refractivity contribution < 1.29 is 14.4 Å². The van der Waals surface area contributed by atoms with E-state index >= 15 is 0 Å². The van der Waals surface area contributed by atoms with Gasteiger partial charge in [-0.3, -0.25) is 10.1 Å². The van der Waals surface area contributed by atoms with E-state index < -0.39 is 4.92 Å². The molecule has 110 valence electrons. The van der Waals surface area contributed by atoms with Crippen LogP contribution in [0, 0.1) is 16.0 Å². The molecule has 6 heteroatoms. The van der Waals surface area contributed by atoms with E-state index in [0.717, 1.165) is 13.0 Å². The zero-order valence-corrected chi connectivity index (χ0v) is 11.8. The summed E-state index contributed by atoms with van der Waals surface area (Å²) < 4.78 is 11.2. The second-order valence-corrected chi connectivity index (χ2v) is 4.92. The van der Waals surface area contributed by atoms with Crippen LogP contribution in [0.15, 0.2) is 18.2 Å². The Kier molecular flexibility index (Phi) is 4.79. The van der Waals surface area contributed by atoms with Crippen LogP contribution in [0.1, 0.15) is 20.3 Å². The molecule has 0 saturated carbocycles. The molecule has 2 atom stereocenters. The van der Waals surface area contributed by atoms with E-state index in [1.807, 2.05) is 0 Å². The fourth-order valence-corrected chi connectivity index (χ4v) is 2.33. The average Bonchev–Trinajstić information content (AvgIpc) is 2.41. The van der Waals surface area contributed by atoms with Crippen molar-refractivity contribution >= 4 is 5.69 Å². The highest BCUT2D eigenvalue weighted by Crippen LogP contribution is 2.37. The minimum Gasteiger partial charge on any atom is -0.487 e. The predicted molar refractivity (Wildman–Crippen MR) is 75.3 cm³/mol. The van der Waals surface area contributed by atoms with Crippen LogP contribution >= 0.6 is 0 Å². The van der Waals surface area contributed by atoms with Gasteiger partial charge in [0.2, 0.25) is 11.5 Å². The molecule has 2 unspecified atom stereocenters. The molecular formula is C14H20N2O4. The van der Waals surface area contributed by atoms with Crippen molar-refractivity contribution in [1.29, 1.82) is 0 Å². The van der Waals surface area contributed by atoms with E-state index in [2.05, 4.69) is 12.2 Å². The van der Waals surface area contributed by atoms with Crippen molar-refractivity contribution in [1.82, 2.24) is 5.32 Å². The summed E-state index contributed by atoms with van der Waals surface area (Å²) in [5, 5.41) is 14.5. The van der Waals surface area contributed by atoms with Crippen molar-refractivity contribution in [2.75, 3.05) is 19.7 Å². The Labute approximate surface area is 118 Å². The molecule has 2 rings (SSSR count). The van der Waals surface area contributed by atoms with Gasteiger partial charge in [-0.25, -0.2) is 0 Å². The van der Waals surface area contributed by atoms with E-state index in [4.69, 9.17) is 9.47 Å². The summed E-state index contributed by atoms with van der Waals surface area (Å²) in [5.74, 6) is 0.902. The Balaban J connectivity index is 2.26. The van der Waals surface area contributed by atoms with Crippen molar-refractivity contribution in [2.45, 2.75) is 26.4 Å². The fraction of sp³-hybridized carbons (Fsp3) is 0.571. The lowest BCUT2D eigenvalue weighted by molar-refractivity contribution is -0.387. The summed E-state index contributed by atoms with van der Waals surface area (Å²) in [6.07, 6.45) is 0.947. The first-order chi connectivity index (χ1) is 9.63. The average molecular weight is 280 g/mol. The van der Waals surface area contributed by atoms with E-state index in [1.165, 1.54) is 0 Å². The van der Waals surface area contributed by atoms with Crippen molar-refractivity contribution in [3.63, 3.8) is 0 Å². The van der Waals surface area contributed by atoms with Gasteiger partial charge in [0.05, 0.1) is 11.5 Å². The second kappa shape index (κ2) is 6.56. The fourth-order valence-electron chi connectivity index (χ4n) is 2.33. The van der Waals surface area contributed by atoms with Crippen LogP contribution < -0.4 is 14.8 Å². The highest BCUT2D eigenvalue weighted by Gasteiger charge is 2.28. The van der Waals surface area contributed by atoms with Gasteiger partial charge in [-0.2, -0.15) is 0 Å². The number of rotatable bonds is 5. The van der Waals surface area contributed by atoms with E-state index in [0.29, 0.717) is 19.1 Å². The van der Waals surface area contributed by atoms with E-state index in [9.17, 15) is 10.1 Å². The molecule has 0 amide bonds. The number of hydrogen-bond acceptors (Lipinski definition) is 5. The molecule has 0 aromatic heterocycles. The van der Waals surface area contributed by atoms with Gasteiger partial charge in [-0.1, -0.05) is 13.0 Å². The molecule has 1 aliphatic rings. The Morgan fingerprint density at radius 1 is 1.45 bits per heavy atom. The van der Waals surface area contributed by atoms with Crippen LogP contribution in [0.3, 0.4) is 0 Å². The maximum Gasteiger partial charge on any atom is 0.352 e. The quantitative estimate of drug-likeness (QED) is 0.662. The van der Waals surface area contributed by atoms with E-state index in [1.54, 1.807) is 25.1 Å². The smallest absolute Gasteiger partial charge is 0.352 e. The first-order valence-electron chi connectivity index (χ1n) is 6.91.